The van der Waals surface area contributed by atoms with Crippen LogP contribution in [-0.4, -0.2) is 30.8 Å². The number of nitrogens with two attached hydrogens (primary N) is 1. The molecule has 0 radical (unpaired) electrons. The summed E-state index contributed by atoms with van der Waals surface area (Å²) >= 11 is 0. The number of ether oxygens (including phenoxy) is 3. The molecule has 1 aliphatic heterocycles. The third-order valence-electron chi connectivity index (χ3n) is 5.14. The van der Waals surface area contributed by atoms with E-state index in [-0.39, 0.29) is 24.4 Å². The number of methoxy groups -OCH3 is 1. The van der Waals surface area contributed by atoms with E-state index < -0.39 is 11.8 Å². The number of benzene rings is 3. The van der Waals surface area contributed by atoms with Crippen LogP contribution in [0.5, 0.6) is 17.2 Å². The van der Waals surface area contributed by atoms with Crippen molar-refractivity contribution in [3.63, 3.8) is 0 Å². The Morgan fingerprint density at radius 1 is 0.969 bits per heavy atom. The van der Waals surface area contributed by atoms with Crippen LogP contribution in [0.25, 0.3) is 5.57 Å². The molecule has 162 valence electrons. The van der Waals surface area contributed by atoms with Crippen LogP contribution in [0.1, 0.15) is 21.5 Å². The van der Waals surface area contributed by atoms with Crippen molar-refractivity contribution in [1.82, 2.24) is 0 Å². The van der Waals surface area contributed by atoms with E-state index in [2.05, 4.69) is 0 Å². The van der Waals surface area contributed by atoms with Gasteiger partial charge in [-0.1, -0.05) is 18.2 Å². The zero-order chi connectivity index (χ0) is 22.7. The predicted molar refractivity (Wildman–Crippen MR) is 119 cm³/mol. The van der Waals surface area contributed by atoms with Crippen LogP contribution in [-0.2, 0) is 11.2 Å². The number of carboxylic acids is 1. The Hall–Kier alpha value is -4.26. The van der Waals surface area contributed by atoms with Gasteiger partial charge in [0.1, 0.15) is 5.75 Å². The number of aliphatic carboxylic acids is 1. The minimum atomic E-state index is -1.22. The van der Waals surface area contributed by atoms with E-state index in [0.717, 1.165) is 5.56 Å². The molecule has 0 unspecified atom stereocenters. The molecule has 0 spiro atoms. The molecular formula is C25H21NO6. The number of nitrogen functional groups attached to an aromatic ring is 1. The van der Waals surface area contributed by atoms with Gasteiger partial charge in [-0.15, -0.1) is 0 Å². The monoisotopic (exact) mass is 431 g/mol. The first kappa shape index (κ1) is 21.0. The molecule has 1 heterocycles. The molecule has 1 aliphatic rings. The second kappa shape index (κ2) is 8.85. The number of carbonyl (C=O) groups is 2. The fourth-order valence-corrected chi connectivity index (χ4v) is 3.58. The normalized spacial score (nSPS) is 12.8. The molecular weight excluding hydrogens is 410 g/mol. The summed E-state index contributed by atoms with van der Waals surface area (Å²) in [6.07, 6.45) is 0.0893. The van der Waals surface area contributed by atoms with Gasteiger partial charge in [0, 0.05) is 23.2 Å². The summed E-state index contributed by atoms with van der Waals surface area (Å²) in [5.41, 5.74) is 7.88. The standard InChI is InChI=1S/C25H21NO6/c1-30-19-8-5-16(6-9-19)24(27)20(12-15-3-2-4-18(26)11-15)23(25(28)29)17-7-10-21-22(13-17)32-14-31-21/h2-11,13H,12,14,26H2,1H3,(H,28,29). The van der Waals surface area contributed by atoms with Crippen molar-refractivity contribution < 1.29 is 28.9 Å². The number of ketones is 1. The molecule has 0 saturated heterocycles. The average molecular weight is 431 g/mol. The molecule has 0 bridgehead atoms. The zero-order valence-electron chi connectivity index (χ0n) is 17.3. The van der Waals surface area contributed by atoms with Gasteiger partial charge in [-0.3, -0.25) is 4.79 Å². The maximum atomic E-state index is 13.5. The molecule has 3 aromatic carbocycles. The van der Waals surface area contributed by atoms with Gasteiger partial charge < -0.3 is 25.1 Å². The Kier molecular flexibility index (Phi) is 5.81. The van der Waals surface area contributed by atoms with Crippen molar-refractivity contribution in [2.45, 2.75) is 6.42 Å². The zero-order valence-corrected chi connectivity index (χ0v) is 17.3. The summed E-state index contributed by atoms with van der Waals surface area (Å²) < 4.78 is 15.9. The first-order valence-electron chi connectivity index (χ1n) is 9.86. The maximum Gasteiger partial charge on any atom is 0.336 e. The summed E-state index contributed by atoms with van der Waals surface area (Å²) in [5, 5.41) is 10.1. The summed E-state index contributed by atoms with van der Waals surface area (Å²) in [6.45, 7) is 0.0613. The topological polar surface area (TPSA) is 108 Å². The Morgan fingerprint density at radius 3 is 2.38 bits per heavy atom. The lowest BCUT2D eigenvalue weighted by Gasteiger charge is -2.14. The molecule has 0 atom stereocenters. The second-order valence-corrected chi connectivity index (χ2v) is 7.21. The van der Waals surface area contributed by atoms with Crippen molar-refractivity contribution in [2.75, 3.05) is 19.6 Å². The van der Waals surface area contributed by atoms with E-state index in [9.17, 15) is 14.7 Å². The number of hydrogen-bond donors (Lipinski definition) is 2. The first-order chi connectivity index (χ1) is 15.5. The lowest BCUT2D eigenvalue weighted by Crippen LogP contribution is -2.14. The van der Waals surface area contributed by atoms with E-state index in [1.807, 2.05) is 0 Å². The molecule has 0 saturated carbocycles. The van der Waals surface area contributed by atoms with Crippen LogP contribution in [0.2, 0.25) is 0 Å². The van der Waals surface area contributed by atoms with Crippen molar-refractivity contribution in [2.24, 2.45) is 0 Å². The number of anilines is 1. The summed E-state index contributed by atoms with van der Waals surface area (Å²) in [4.78, 5) is 25.9. The highest BCUT2D eigenvalue weighted by Gasteiger charge is 2.25. The highest BCUT2D eigenvalue weighted by molar-refractivity contribution is 6.26. The van der Waals surface area contributed by atoms with Gasteiger partial charge in [-0.25, -0.2) is 4.79 Å². The third-order valence-corrected chi connectivity index (χ3v) is 5.14. The van der Waals surface area contributed by atoms with Crippen LogP contribution in [0.3, 0.4) is 0 Å². The highest BCUT2D eigenvalue weighted by atomic mass is 16.7. The Morgan fingerprint density at radius 2 is 1.69 bits per heavy atom. The lowest BCUT2D eigenvalue weighted by molar-refractivity contribution is -0.130. The van der Waals surface area contributed by atoms with E-state index in [1.54, 1.807) is 66.7 Å². The molecule has 7 heteroatoms. The minimum Gasteiger partial charge on any atom is -0.497 e. The quantitative estimate of drug-likeness (QED) is 0.331. The second-order valence-electron chi connectivity index (χ2n) is 7.21. The number of carbonyl (C=O) groups excluding carboxylic acids is 1. The van der Waals surface area contributed by atoms with Gasteiger partial charge in [0.15, 0.2) is 17.3 Å². The Balaban J connectivity index is 1.87. The molecule has 0 aromatic heterocycles. The van der Waals surface area contributed by atoms with Crippen LogP contribution in [0, 0.1) is 0 Å². The SMILES string of the molecule is COc1ccc(C(=O)C(Cc2cccc(N)c2)=C(C(=O)O)c2ccc3c(c2)OCO3)cc1. The van der Waals surface area contributed by atoms with Crippen LogP contribution in [0.4, 0.5) is 5.69 Å². The maximum absolute atomic E-state index is 13.5. The molecule has 0 aliphatic carbocycles. The largest absolute Gasteiger partial charge is 0.497 e. The van der Waals surface area contributed by atoms with Crippen LogP contribution >= 0.6 is 0 Å². The van der Waals surface area contributed by atoms with Crippen molar-refractivity contribution in [3.8, 4) is 17.2 Å². The fraction of sp³-hybridized carbons (Fsp3) is 0.120. The first-order valence-corrected chi connectivity index (χ1v) is 9.86. The number of hydrogen-bond acceptors (Lipinski definition) is 6. The van der Waals surface area contributed by atoms with Gasteiger partial charge in [0.2, 0.25) is 6.79 Å². The van der Waals surface area contributed by atoms with Gasteiger partial charge in [0.25, 0.3) is 0 Å². The third kappa shape index (κ3) is 4.27. The van der Waals surface area contributed by atoms with E-state index in [1.165, 1.54) is 7.11 Å². The molecule has 4 rings (SSSR count). The molecule has 3 N–H and O–H groups in total. The lowest BCUT2D eigenvalue weighted by atomic mass is 9.89. The number of Topliss-reactive ketones (excluding diaryl/α,β-unsaturated/α-hetero) is 1. The summed E-state index contributed by atoms with van der Waals surface area (Å²) in [7, 11) is 1.53. The van der Waals surface area contributed by atoms with Crippen molar-refractivity contribution in [1.29, 1.82) is 0 Å². The number of fused-ring (bicyclic) bond motifs is 1. The van der Waals surface area contributed by atoms with Gasteiger partial charge >= 0.3 is 5.97 Å². The highest BCUT2D eigenvalue weighted by Crippen LogP contribution is 2.36. The molecule has 0 fully saturated rings. The predicted octanol–water partition coefficient (Wildman–Crippen LogP) is 3.97. The van der Waals surface area contributed by atoms with E-state index >= 15 is 0 Å². The van der Waals surface area contributed by atoms with Crippen molar-refractivity contribution in [3.05, 3.63) is 89.0 Å². The van der Waals surface area contributed by atoms with E-state index in [0.29, 0.717) is 34.1 Å². The number of carboxylic acid groups (broad SMARTS) is 1. The summed E-state index contributed by atoms with van der Waals surface area (Å²) in [6, 6.07) is 18.4. The molecule has 3 aromatic rings. The average Bonchev–Trinajstić information content (AvgIpc) is 3.26. The van der Waals surface area contributed by atoms with Gasteiger partial charge in [-0.2, -0.15) is 0 Å². The van der Waals surface area contributed by atoms with Gasteiger partial charge in [0.05, 0.1) is 12.7 Å². The smallest absolute Gasteiger partial charge is 0.336 e. The van der Waals surface area contributed by atoms with Crippen LogP contribution in [0.15, 0.2) is 72.3 Å². The van der Waals surface area contributed by atoms with E-state index in [4.69, 9.17) is 19.9 Å². The minimum absolute atomic E-state index is 0.0613. The number of rotatable bonds is 7. The van der Waals surface area contributed by atoms with Crippen LogP contribution < -0.4 is 19.9 Å². The molecule has 7 nitrogen and oxygen atoms in total. The summed E-state index contributed by atoms with van der Waals surface area (Å²) in [5.74, 6) is -0.0641. The Labute approximate surface area is 184 Å². The fourth-order valence-electron chi connectivity index (χ4n) is 3.58. The van der Waals surface area contributed by atoms with Gasteiger partial charge in [-0.05, 0) is 59.7 Å². The Bertz CT molecular complexity index is 1210. The number of allylic oxidation sites excluding steroid dienone is 1. The van der Waals surface area contributed by atoms with Crippen molar-refractivity contribution >= 4 is 23.0 Å². The molecule has 0 amide bonds. The molecule has 32 heavy (non-hydrogen) atoms.